The van der Waals surface area contributed by atoms with Crippen LogP contribution in [0, 0.1) is 12.3 Å². The smallest absolute Gasteiger partial charge is 0.241 e. The molecular weight excluding hydrogens is 292 g/mol. The molecule has 0 saturated carbocycles. The van der Waals surface area contributed by atoms with Gasteiger partial charge in [0.25, 0.3) is 0 Å². The topological polar surface area (TPSA) is 72.3 Å². The van der Waals surface area contributed by atoms with Crippen molar-refractivity contribution in [2.24, 2.45) is 5.41 Å². The van der Waals surface area contributed by atoms with Gasteiger partial charge in [-0.3, -0.25) is 9.30 Å². The van der Waals surface area contributed by atoms with Gasteiger partial charge in [-0.15, -0.1) is 10.2 Å². The van der Waals surface area contributed by atoms with Gasteiger partial charge in [0.15, 0.2) is 5.65 Å². The normalized spacial score (nSPS) is 12.4. The summed E-state index contributed by atoms with van der Waals surface area (Å²) in [5, 5.41) is 12.2. The molecule has 0 radical (unpaired) electrons. The van der Waals surface area contributed by atoms with E-state index in [0.717, 1.165) is 23.6 Å². The first-order valence-electron chi connectivity index (χ1n) is 7.65. The maximum Gasteiger partial charge on any atom is 0.241 e. The van der Waals surface area contributed by atoms with Gasteiger partial charge in [0.2, 0.25) is 11.7 Å². The first kappa shape index (κ1) is 15.6. The maximum absolute atomic E-state index is 5.38. The van der Waals surface area contributed by atoms with Crippen molar-refractivity contribution in [2.45, 2.75) is 34.2 Å². The fraction of sp³-hybridized carbons (Fsp3) is 0.500. The van der Waals surface area contributed by atoms with Gasteiger partial charge in [-0.1, -0.05) is 25.9 Å². The lowest BCUT2D eigenvalue weighted by atomic mass is 9.96. The van der Waals surface area contributed by atoms with E-state index in [-0.39, 0.29) is 5.41 Å². The van der Waals surface area contributed by atoms with E-state index in [4.69, 9.17) is 4.52 Å². The van der Waals surface area contributed by atoms with E-state index in [9.17, 15) is 0 Å². The SMILES string of the molecule is Cc1nnc2ccc(-c3noc(CN(C)CC(C)(C)C)n3)cn12. The summed E-state index contributed by atoms with van der Waals surface area (Å²) in [6.07, 6.45) is 1.93. The molecule has 3 aromatic rings. The predicted molar refractivity (Wildman–Crippen MR) is 86.8 cm³/mol. The van der Waals surface area contributed by atoms with Gasteiger partial charge >= 0.3 is 0 Å². The number of hydrogen-bond donors (Lipinski definition) is 0. The predicted octanol–water partition coefficient (Wildman–Crippen LogP) is 2.57. The molecule has 0 saturated heterocycles. The van der Waals surface area contributed by atoms with E-state index >= 15 is 0 Å². The number of aryl methyl sites for hydroxylation is 1. The second-order valence-corrected chi connectivity index (χ2v) is 7.14. The average Bonchev–Trinajstić information content (AvgIpc) is 3.04. The number of nitrogens with zero attached hydrogens (tertiary/aromatic N) is 6. The summed E-state index contributed by atoms with van der Waals surface area (Å²) >= 11 is 0. The molecule has 0 aliphatic carbocycles. The highest BCUT2D eigenvalue weighted by Gasteiger charge is 2.17. The van der Waals surface area contributed by atoms with E-state index in [1.165, 1.54) is 0 Å². The lowest BCUT2D eigenvalue weighted by Gasteiger charge is -2.25. The number of pyridine rings is 1. The third kappa shape index (κ3) is 3.56. The van der Waals surface area contributed by atoms with Crippen LogP contribution in [0.2, 0.25) is 0 Å². The fourth-order valence-corrected chi connectivity index (χ4v) is 2.67. The Kier molecular flexibility index (Phi) is 3.89. The molecule has 0 amide bonds. The van der Waals surface area contributed by atoms with Crippen LogP contribution in [0.25, 0.3) is 17.0 Å². The number of aromatic nitrogens is 5. The Morgan fingerprint density at radius 1 is 1.22 bits per heavy atom. The van der Waals surface area contributed by atoms with Crippen LogP contribution in [-0.2, 0) is 6.54 Å². The van der Waals surface area contributed by atoms with Crippen molar-refractivity contribution in [3.8, 4) is 11.4 Å². The maximum atomic E-state index is 5.38. The molecule has 0 aliphatic heterocycles. The molecule has 3 aromatic heterocycles. The highest BCUT2D eigenvalue weighted by atomic mass is 16.5. The number of rotatable bonds is 4. The van der Waals surface area contributed by atoms with Crippen LogP contribution in [0.4, 0.5) is 0 Å². The number of fused-ring (bicyclic) bond motifs is 1. The minimum atomic E-state index is 0.231. The zero-order valence-corrected chi connectivity index (χ0v) is 14.2. The molecule has 7 nitrogen and oxygen atoms in total. The largest absolute Gasteiger partial charge is 0.338 e. The lowest BCUT2D eigenvalue weighted by Crippen LogP contribution is -2.28. The van der Waals surface area contributed by atoms with Crippen molar-refractivity contribution in [2.75, 3.05) is 13.6 Å². The zero-order chi connectivity index (χ0) is 16.6. The molecule has 0 aliphatic rings. The van der Waals surface area contributed by atoms with Gasteiger partial charge < -0.3 is 4.52 Å². The number of hydrogen-bond acceptors (Lipinski definition) is 6. The van der Waals surface area contributed by atoms with E-state index in [1.54, 1.807) is 0 Å². The quantitative estimate of drug-likeness (QED) is 0.737. The highest BCUT2D eigenvalue weighted by Crippen LogP contribution is 2.19. The molecular formula is C16H22N6O. The lowest BCUT2D eigenvalue weighted by molar-refractivity contribution is 0.198. The van der Waals surface area contributed by atoms with Crippen molar-refractivity contribution in [1.82, 2.24) is 29.6 Å². The molecule has 0 atom stereocenters. The average molecular weight is 314 g/mol. The van der Waals surface area contributed by atoms with E-state index < -0.39 is 0 Å². The Bertz CT molecular complexity index is 813. The first-order chi connectivity index (χ1) is 10.8. The van der Waals surface area contributed by atoms with Gasteiger partial charge in [-0.05, 0) is 31.5 Å². The molecule has 0 aromatic carbocycles. The van der Waals surface area contributed by atoms with Crippen molar-refractivity contribution in [3.63, 3.8) is 0 Å². The summed E-state index contributed by atoms with van der Waals surface area (Å²) in [5.74, 6) is 2.03. The summed E-state index contributed by atoms with van der Waals surface area (Å²) in [7, 11) is 2.06. The van der Waals surface area contributed by atoms with Crippen molar-refractivity contribution in [3.05, 3.63) is 30.0 Å². The van der Waals surface area contributed by atoms with E-state index in [0.29, 0.717) is 18.3 Å². The van der Waals surface area contributed by atoms with Gasteiger partial charge in [-0.2, -0.15) is 4.98 Å². The van der Waals surface area contributed by atoms with Gasteiger partial charge in [0.1, 0.15) is 5.82 Å². The molecule has 7 heteroatoms. The van der Waals surface area contributed by atoms with Crippen LogP contribution in [-0.4, -0.2) is 43.2 Å². The summed E-state index contributed by atoms with van der Waals surface area (Å²) in [6.45, 7) is 10.1. The molecule has 0 spiro atoms. The Balaban J connectivity index is 1.79. The van der Waals surface area contributed by atoms with Gasteiger partial charge in [0, 0.05) is 18.3 Å². The Morgan fingerprint density at radius 2 is 2.00 bits per heavy atom. The second kappa shape index (κ2) is 5.73. The molecule has 23 heavy (non-hydrogen) atoms. The first-order valence-corrected chi connectivity index (χ1v) is 7.65. The van der Waals surface area contributed by atoms with Crippen LogP contribution in [0.5, 0.6) is 0 Å². The molecule has 122 valence electrons. The third-order valence-electron chi connectivity index (χ3n) is 3.45. The molecule has 0 fully saturated rings. The summed E-state index contributed by atoms with van der Waals surface area (Å²) in [5.41, 5.74) is 1.92. The zero-order valence-electron chi connectivity index (χ0n) is 14.2. The minimum Gasteiger partial charge on any atom is -0.338 e. The molecule has 3 rings (SSSR count). The molecule has 0 N–H and O–H groups in total. The summed E-state index contributed by atoms with van der Waals surface area (Å²) in [4.78, 5) is 6.68. The van der Waals surface area contributed by atoms with Crippen molar-refractivity contribution < 1.29 is 4.52 Å². The van der Waals surface area contributed by atoms with Crippen LogP contribution >= 0.6 is 0 Å². The van der Waals surface area contributed by atoms with Crippen LogP contribution < -0.4 is 0 Å². The van der Waals surface area contributed by atoms with E-state index in [1.807, 2.05) is 29.7 Å². The Labute approximate surface area is 135 Å². The molecule has 0 bridgehead atoms. The fourth-order valence-electron chi connectivity index (χ4n) is 2.67. The van der Waals surface area contributed by atoms with Gasteiger partial charge in [-0.25, -0.2) is 0 Å². The second-order valence-electron chi connectivity index (χ2n) is 7.14. The van der Waals surface area contributed by atoms with Crippen LogP contribution in [0.1, 0.15) is 32.5 Å². The Hall–Kier alpha value is -2.28. The van der Waals surface area contributed by atoms with Crippen molar-refractivity contribution in [1.29, 1.82) is 0 Å². The summed E-state index contributed by atoms with van der Waals surface area (Å²) in [6, 6.07) is 3.83. The van der Waals surface area contributed by atoms with Gasteiger partial charge in [0.05, 0.1) is 6.54 Å². The third-order valence-corrected chi connectivity index (χ3v) is 3.45. The van der Waals surface area contributed by atoms with E-state index in [2.05, 4.69) is 53.1 Å². The van der Waals surface area contributed by atoms with Crippen LogP contribution in [0.3, 0.4) is 0 Å². The Morgan fingerprint density at radius 3 is 2.74 bits per heavy atom. The van der Waals surface area contributed by atoms with Crippen LogP contribution in [0.15, 0.2) is 22.9 Å². The monoisotopic (exact) mass is 314 g/mol. The summed E-state index contributed by atoms with van der Waals surface area (Å²) < 4.78 is 7.30. The molecule has 3 heterocycles. The van der Waals surface area contributed by atoms with Crippen molar-refractivity contribution >= 4 is 5.65 Å². The minimum absolute atomic E-state index is 0.231. The molecule has 0 unspecified atom stereocenters. The standard InChI is InChI=1S/C16H22N6O/c1-11-18-19-13-7-6-12(8-22(11)13)15-17-14(23-20-15)9-21(5)10-16(2,3)4/h6-8H,9-10H2,1-5H3. The highest BCUT2D eigenvalue weighted by molar-refractivity contribution is 5.56.